The number of hydrogen-bond acceptors (Lipinski definition) is 4. The van der Waals surface area contributed by atoms with E-state index >= 15 is 0 Å². The fourth-order valence-electron chi connectivity index (χ4n) is 1.35. The lowest BCUT2D eigenvalue weighted by Crippen LogP contribution is -2.15. The molecule has 0 bridgehead atoms. The van der Waals surface area contributed by atoms with E-state index in [1.807, 2.05) is 13.8 Å². The average Bonchev–Trinajstić information content (AvgIpc) is 2.22. The minimum atomic E-state index is -2.93. The lowest BCUT2D eigenvalue weighted by Gasteiger charge is -2.14. The first-order valence-corrected chi connectivity index (χ1v) is 7.47. The van der Waals surface area contributed by atoms with Crippen LogP contribution in [-0.2, 0) is 9.84 Å². The van der Waals surface area contributed by atoms with Crippen molar-refractivity contribution < 1.29 is 8.42 Å². The molecule has 2 N–H and O–H groups in total. The molecule has 0 aromatic carbocycles. The zero-order valence-corrected chi connectivity index (χ0v) is 11.0. The molecule has 0 aliphatic rings. The Morgan fingerprint density at radius 2 is 1.75 bits per heavy atom. The second kappa shape index (κ2) is 6.87. The van der Waals surface area contributed by atoms with Crippen LogP contribution < -0.4 is 5.73 Å². The molecule has 0 amide bonds. The number of sulfone groups is 1. The Labute approximate surface area is 98.7 Å². The Kier molecular flexibility index (Phi) is 6.61. The Morgan fingerprint density at radius 1 is 1.19 bits per heavy atom. The van der Waals surface area contributed by atoms with E-state index in [4.69, 9.17) is 11.0 Å². The SMILES string of the molecule is CC(C)(C#N)CCCCS(=O)(=O)CCCN. The number of nitriles is 1. The molecule has 0 spiro atoms. The van der Waals surface area contributed by atoms with Gasteiger partial charge in [0.25, 0.3) is 0 Å². The van der Waals surface area contributed by atoms with Gasteiger partial charge >= 0.3 is 0 Å². The van der Waals surface area contributed by atoms with Gasteiger partial charge in [0, 0.05) is 0 Å². The third-order valence-electron chi connectivity index (χ3n) is 2.47. The highest BCUT2D eigenvalue weighted by molar-refractivity contribution is 7.91. The van der Waals surface area contributed by atoms with Gasteiger partial charge in [-0.1, -0.05) is 6.42 Å². The van der Waals surface area contributed by atoms with Crippen LogP contribution in [-0.4, -0.2) is 26.5 Å². The maximum absolute atomic E-state index is 11.5. The molecule has 94 valence electrons. The van der Waals surface area contributed by atoms with Crippen molar-refractivity contribution in [2.45, 2.75) is 39.5 Å². The van der Waals surface area contributed by atoms with Crippen LogP contribution in [0.2, 0.25) is 0 Å². The van der Waals surface area contributed by atoms with Crippen molar-refractivity contribution in [3.8, 4) is 6.07 Å². The van der Waals surface area contributed by atoms with Gasteiger partial charge in [0.1, 0.15) is 9.84 Å². The zero-order valence-electron chi connectivity index (χ0n) is 10.2. The largest absolute Gasteiger partial charge is 0.330 e. The molecule has 0 aromatic rings. The second-order valence-corrected chi connectivity index (χ2v) is 7.05. The van der Waals surface area contributed by atoms with Gasteiger partial charge in [0.05, 0.1) is 23.0 Å². The van der Waals surface area contributed by atoms with Crippen molar-refractivity contribution in [1.29, 1.82) is 5.26 Å². The van der Waals surface area contributed by atoms with Gasteiger partial charge < -0.3 is 5.73 Å². The molecule has 0 rings (SSSR count). The number of hydrogen-bond donors (Lipinski definition) is 1. The molecule has 0 aliphatic heterocycles. The van der Waals surface area contributed by atoms with Gasteiger partial charge in [-0.15, -0.1) is 0 Å². The Hall–Kier alpha value is -0.600. The Morgan fingerprint density at radius 3 is 2.25 bits per heavy atom. The molecule has 0 fully saturated rings. The van der Waals surface area contributed by atoms with Crippen molar-refractivity contribution in [3.63, 3.8) is 0 Å². The van der Waals surface area contributed by atoms with Crippen molar-refractivity contribution >= 4 is 9.84 Å². The molecule has 0 saturated carbocycles. The maximum Gasteiger partial charge on any atom is 0.150 e. The van der Waals surface area contributed by atoms with Gasteiger partial charge in [-0.05, 0) is 39.7 Å². The van der Waals surface area contributed by atoms with E-state index in [0.29, 0.717) is 19.4 Å². The smallest absolute Gasteiger partial charge is 0.150 e. The maximum atomic E-state index is 11.5. The molecule has 4 nitrogen and oxygen atoms in total. The van der Waals surface area contributed by atoms with E-state index in [0.717, 1.165) is 12.8 Å². The Bertz CT molecular complexity index is 328. The van der Waals surface area contributed by atoms with E-state index in [1.54, 1.807) is 0 Å². The lowest BCUT2D eigenvalue weighted by molar-refractivity contribution is 0.431. The summed E-state index contributed by atoms with van der Waals surface area (Å²) < 4.78 is 22.9. The average molecular weight is 246 g/mol. The molecule has 5 heteroatoms. The number of nitrogens with two attached hydrogens (primary N) is 1. The molecule has 0 aromatic heterocycles. The van der Waals surface area contributed by atoms with Crippen LogP contribution in [0.4, 0.5) is 0 Å². The normalized spacial score (nSPS) is 12.4. The number of nitrogens with zero attached hydrogens (tertiary/aromatic N) is 1. The monoisotopic (exact) mass is 246 g/mol. The van der Waals surface area contributed by atoms with Crippen LogP contribution in [0.15, 0.2) is 0 Å². The molecule has 0 unspecified atom stereocenters. The summed E-state index contributed by atoms with van der Waals surface area (Å²) in [6, 6.07) is 2.21. The summed E-state index contributed by atoms with van der Waals surface area (Å²) in [5, 5.41) is 8.79. The predicted molar refractivity (Wildman–Crippen MR) is 65.6 cm³/mol. The standard InChI is InChI=1S/C11H22N2O2S/c1-11(2,10-13)6-3-4-8-16(14,15)9-5-7-12/h3-9,12H2,1-2H3. The molecular formula is C11H22N2O2S. The molecule has 16 heavy (non-hydrogen) atoms. The summed E-state index contributed by atoms with van der Waals surface area (Å²) in [5.74, 6) is 0.402. The van der Waals surface area contributed by atoms with Crippen LogP contribution in [0.3, 0.4) is 0 Å². The minimum Gasteiger partial charge on any atom is -0.330 e. The van der Waals surface area contributed by atoms with Crippen LogP contribution >= 0.6 is 0 Å². The van der Waals surface area contributed by atoms with Crippen LogP contribution in [0.25, 0.3) is 0 Å². The summed E-state index contributed by atoms with van der Waals surface area (Å²) >= 11 is 0. The lowest BCUT2D eigenvalue weighted by atomic mass is 9.89. The fourth-order valence-corrected chi connectivity index (χ4v) is 2.80. The zero-order chi connectivity index (χ0) is 12.7. The third kappa shape index (κ3) is 7.66. The summed E-state index contributed by atoms with van der Waals surface area (Å²) in [7, 11) is -2.93. The van der Waals surface area contributed by atoms with E-state index in [1.165, 1.54) is 0 Å². The molecule has 0 radical (unpaired) electrons. The van der Waals surface area contributed by atoms with Crippen LogP contribution in [0.1, 0.15) is 39.5 Å². The fraction of sp³-hybridized carbons (Fsp3) is 0.909. The van der Waals surface area contributed by atoms with Gasteiger partial charge in [-0.2, -0.15) is 5.26 Å². The van der Waals surface area contributed by atoms with Gasteiger partial charge in [0.15, 0.2) is 0 Å². The van der Waals surface area contributed by atoms with Crippen molar-refractivity contribution in [2.75, 3.05) is 18.1 Å². The number of rotatable bonds is 8. The summed E-state index contributed by atoms with van der Waals surface area (Å²) in [5.41, 5.74) is 4.92. The summed E-state index contributed by atoms with van der Waals surface area (Å²) in [4.78, 5) is 0. The third-order valence-corrected chi connectivity index (χ3v) is 4.29. The van der Waals surface area contributed by atoms with E-state index in [-0.39, 0.29) is 16.9 Å². The van der Waals surface area contributed by atoms with Gasteiger partial charge in [0.2, 0.25) is 0 Å². The highest BCUT2D eigenvalue weighted by atomic mass is 32.2. The minimum absolute atomic E-state index is 0.186. The highest BCUT2D eigenvalue weighted by Crippen LogP contribution is 2.21. The molecule has 0 aliphatic carbocycles. The Balaban J connectivity index is 3.79. The summed E-state index contributed by atoms with van der Waals surface area (Å²) in [6.45, 7) is 4.16. The number of unbranched alkanes of at least 4 members (excludes halogenated alkanes) is 1. The van der Waals surface area contributed by atoms with E-state index < -0.39 is 9.84 Å². The first kappa shape index (κ1) is 15.4. The predicted octanol–water partition coefficient (Wildman–Crippen LogP) is 1.47. The first-order chi connectivity index (χ1) is 7.33. The van der Waals surface area contributed by atoms with E-state index in [2.05, 4.69) is 6.07 Å². The highest BCUT2D eigenvalue weighted by Gasteiger charge is 2.16. The van der Waals surface area contributed by atoms with Crippen molar-refractivity contribution in [2.24, 2.45) is 11.1 Å². The first-order valence-electron chi connectivity index (χ1n) is 5.65. The van der Waals surface area contributed by atoms with Gasteiger partial charge in [-0.25, -0.2) is 8.42 Å². The van der Waals surface area contributed by atoms with Crippen LogP contribution in [0.5, 0.6) is 0 Å². The van der Waals surface area contributed by atoms with Crippen molar-refractivity contribution in [1.82, 2.24) is 0 Å². The summed E-state index contributed by atoms with van der Waals surface area (Å²) in [6.07, 6.45) is 2.70. The van der Waals surface area contributed by atoms with Gasteiger partial charge in [-0.3, -0.25) is 0 Å². The van der Waals surface area contributed by atoms with Crippen LogP contribution in [0, 0.1) is 16.7 Å². The second-order valence-electron chi connectivity index (χ2n) is 4.75. The molecular weight excluding hydrogens is 224 g/mol. The molecule has 0 heterocycles. The molecule has 0 saturated heterocycles. The quantitative estimate of drug-likeness (QED) is 0.657. The van der Waals surface area contributed by atoms with E-state index in [9.17, 15) is 8.42 Å². The topological polar surface area (TPSA) is 84.0 Å². The van der Waals surface area contributed by atoms with Crippen molar-refractivity contribution in [3.05, 3.63) is 0 Å². The molecule has 0 atom stereocenters.